The van der Waals surface area contributed by atoms with Gasteiger partial charge < -0.3 is 10.1 Å². The van der Waals surface area contributed by atoms with Gasteiger partial charge in [-0.05, 0) is 39.5 Å². The number of rotatable bonds is 4. The summed E-state index contributed by atoms with van der Waals surface area (Å²) < 4.78 is 5.73. The molecule has 1 saturated heterocycles. The van der Waals surface area contributed by atoms with Crippen LogP contribution in [-0.2, 0) is 10.3 Å². The summed E-state index contributed by atoms with van der Waals surface area (Å²) in [6, 6.07) is 0.455. The van der Waals surface area contributed by atoms with Gasteiger partial charge >= 0.3 is 0 Å². The van der Waals surface area contributed by atoms with Crippen molar-refractivity contribution in [3.8, 4) is 0 Å². The van der Waals surface area contributed by atoms with Crippen LogP contribution < -0.4 is 5.32 Å². The average Bonchev–Trinajstić information content (AvgIpc) is 2.77. The Labute approximate surface area is 120 Å². The summed E-state index contributed by atoms with van der Waals surface area (Å²) >= 11 is 1.80. The minimum Gasteiger partial charge on any atom is -0.378 e. The highest BCUT2D eigenvalue weighted by Crippen LogP contribution is 2.37. The van der Waals surface area contributed by atoms with E-state index in [1.54, 1.807) is 11.3 Å². The SMILES string of the molecule is CC(C)NC1(c2nc(C(C)C)cs2)CCOC(C)C1. The molecule has 0 aromatic carbocycles. The van der Waals surface area contributed by atoms with E-state index in [1.165, 1.54) is 10.7 Å². The van der Waals surface area contributed by atoms with E-state index in [4.69, 9.17) is 9.72 Å². The van der Waals surface area contributed by atoms with Gasteiger partial charge in [0.25, 0.3) is 0 Å². The highest BCUT2D eigenvalue weighted by Gasteiger charge is 2.40. The van der Waals surface area contributed by atoms with Crippen LogP contribution in [0.15, 0.2) is 5.38 Å². The summed E-state index contributed by atoms with van der Waals surface area (Å²) in [5.74, 6) is 0.498. The van der Waals surface area contributed by atoms with Crippen molar-refractivity contribution in [2.24, 2.45) is 0 Å². The molecule has 2 heterocycles. The van der Waals surface area contributed by atoms with Crippen molar-refractivity contribution in [3.05, 3.63) is 16.1 Å². The van der Waals surface area contributed by atoms with Crippen LogP contribution in [0.3, 0.4) is 0 Å². The number of thiazole rings is 1. The number of hydrogen-bond donors (Lipinski definition) is 1. The minimum atomic E-state index is 0.00361. The van der Waals surface area contributed by atoms with Crippen LogP contribution in [0.25, 0.3) is 0 Å². The number of hydrogen-bond acceptors (Lipinski definition) is 4. The molecule has 19 heavy (non-hydrogen) atoms. The van der Waals surface area contributed by atoms with Gasteiger partial charge in [-0.2, -0.15) is 0 Å². The lowest BCUT2D eigenvalue weighted by molar-refractivity contribution is -0.0231. The van der Waals surface area contributed by atoms with E-state index in [0.717, 1.165) is 19.4 Å². The molecule has 2 unspecified atom stereocenters. The topological polar surface area (TPSA) is 34.2 Å². The van der Waals surface area contributed by atoms with Crippen molar-refractivity contribution in [2.45, 2.75) is 71.1 Å². The Morgan fingerprint density at radius 3 is 2.68 bits per heavy atom. The Kier molecular flexibility index (Phi) is 4.64. The molecule has 0 spiro atoms. The van der Waals surface area contributed by atoms with Crippen molar-refractivity contribution in [1.29, 1.82) is 0 Å². The smallest absolute Gasteiger partial charge is 0.113 e. The molecule has 1 N–H and O–H groups in total. The summed E-state index contributed by atoms with van der Waals surface area (Å²) in [6.07, 6.45) is 2.32. The average molecular weight is 282 g/mol. The monoisotopic (exact) mass is 282 g/mol. The minimum absolute atomic E-state index is 0.00361. The van der Waals surface area contributed by atoms with Crippen molar-refractivity contribution in [2.75, 3.05) is 6.61 Å². The van der Waals surface area contributed by atoms with Crippen LogP contribution >= 0.6 is 11.3 Å². The Morgan fingerprint density at radius 2 is 2.16 bits per heavy atom. The third kappa shape index (κ3) is 3.36. The zero-order valence-corrected chi connectivity index (χ0v) is 13.5. The first-order valence-electron chi connectivity index (χ1n) is 7.28. The maximum absolute atomic E-state index is 5.73. The number of ether oxygens (including phenoxy) is 1. The molecule has 108 valence electrons. The molecular weight excluding hydrogens is 256 g/mol. The maximum Gasteiger partial charge on any atom is 0.113 e. The summed E-state index contributed by atoms with van der Waals surface area (Å²) in [5, 5.41) is 7.21. The molecule has 1 aromatic heterocycles. The van der Waals surface area contributed by atoms with E-state index in [0.29, 0.717) is 18.1 Å². The van der Waals surface area contributed by atoms with E-state index < -0.39 is 0 Å². The first-order chi connectivity index (χ1) is 8.93. The van der Waals surface area contributed by atoms with Gasteiger partial charge in [0, 0.05) is 18.0 Å². The van der Waals surface area contributed by atoms with Crippen LogP contribution in [0, 0.1) is 0 Å². The summed E-state index contributed by atoms with van der Waals surface area (Å²) in [7, 11) is 0. The molecule has 0 bridgehead atoms. The first-order valence-corrected chi connectivity index (χ1v) is 8.16. The zero-order valence-electron chi connectivity index (χ0n) is 12.7. The predicted molar refractivity (Wildman–Crippen MR) is 80.8 cm³/mol. The zero-order chi connectivity index (χ0) is 14.0. The second-order valence-electron chi connectivity index (χ2n) is 6.25. The van der Waals surface area contributed by atoms with Gasteiger partial charge in [0.05, 0.1) is 17.3 Å². The lowest BCUT2D eigenvalue weighted by Gasteiger charge is -2.40. The van der Waals surface area contributed by atoms with Crippen LogP contribution in [0.5, 0.6) is 0 Å². The van der Waals surface area contributed by atoms with E-state index in [-0.39, 0.29) is 5.54 Å². The molecule has 4 heteroatoms. The molecule has 0 aliphatic carbocycles. The second kappa shape index (κ2) is 5.90. The molecule has 1 aromatic rings. The standard InChI is InChI=1S/C15H26N2OS/c1-10(2)13-9-19-14(16-13)15(17-11(3)4)6-7-18-12(5)8-15/h9-12,17H,6-8H2,1-5H3. The molecule has 2 rings (SSSR count). The van der Waals surface area contributed by atoms with E-state index in [1.807, 2.05) is 0 Å². The van der Waals surface area contributed by atoms with Gasteiger partial charge in [-0.1, -0.05) is 13.8 Å². The summed E-state index contributed by atoms with van der Waals surface area (Å²) in [5.41, 5.74) is 1.22. The fraction of sp³-hybridized carbons (Fsp3) is 0.800. The Morgan fingerprint density at radius 1 is 1.42 bits per heavy atom. The predicted octanol–water partition coefficient (Wildman–Crippen LogP) is 3.66. The van der Waals surface area contributed by atoms with Gasteiger partial charge in [-0.25, -0.2) is 4.98 Å². The molecule has 3 nitrogen and oxygen atoms in total. The van der Waals surface area contributed by atoms with Gasteiger partial charge in [0.1, 0.15) is 5.01 Å². The molecule has 1 fully saturated rings. The Balaban J connectivity index is 2.30. The molecule has 2 atom stereocenters. The molecular formula is C15H26N2OS. The number of aromatic nitrogens is 1. The van der Waals surface area contributed by atoms with Crippen molar-refractivity contribution >= 4 is 11.3 Å². The first kappa shape index (κ1) is 14.9. The van der Waals surface area contributed by atoms with Crippen LogP contribution in [0.1, 0.15) is 64.1 Å². The third-order valence-corrected chi connectivity index (χ3v) is 4.72. The molecule has 0 amide bonds. The second-order valence-corrected chi connectivity index (χ2v) is 7.11. The van der Waals surface area contributed by atoms with Crippen LogP contribution in [0.2, 0.25) is 0 Å². The van der Waals surface area contributed by atoms with Gasteiger partial charge in [0.2, 0.25) is 0 Å². The summed E-state index contributed by atoms with van der Waals surface area (Å²) in [6.45, 7) is 11.8. The van der Waals surface area contributed by atoms with Crippen LogP contribution in [-0.4, -0.2) is 23.7 Å². The third-order valence-electron chi connectivity index (χ3n) is 3.65. The van der Waals surface area contributed by atoms with Crippen LogP contribution in [0.4, 0.5) is 0 Å². The van der Waals surface area contributed by atoms with Gasteiger partial charge in [-0.3, -0.25) is 0 Å². The van der Waals surface area contributed by atoms with E-state index >= 15 is 0 Å². The van der Waals surface area contributed by atoms with Gasteiger partial charge in [0.15, 0.2) is 0 Å². The number of nitrogens with one attached hydrogen (secondary N) is 1. The van der Waals surface area contributed by atoms with Crippen molar-refractivity contribution in [1.82, 2.24) is 10.3 Å². The van der Waals surface area contributed by atoms with Crippen molar-refractivity contribution in [3.63, 3.8) is 0 Å². The molecule has 0 saturated carbocycles. The molecule has 1 aliphatic heterocycles. The Hall–Kier alpha value is -0.450. The lowest BCUT2D eigenvalue weighted by Crippen LogP contribution is -2.51. The highest BCUT2D eigenvalue weighted by atomic mass is 32.1. The van der Waals surface area contributed by atoms with E-state index in [2.05, 4.69) is 45.3 Å². The lowest BCUT2D eigenvalue weighted by atomic mass is 9.86. The van der Waals surface area contributed by atoms with Gasteiger partial charge in [-0.15, -0.1) is 11.3 Å². The fourth-order valence-electron chi connectivity index (χ4n) is 2.80. The largest absolute Gasteiger partial charge is 0.378 e. The highest BCUT2D eigenvalue weighted by molar-refractivity contribution is 7.09. The molecule has 0 radical (unpaired) electrons. The fourth-order valence-corrected chi connectivity index (χ4v) is 3.98. The maximum atomic E-state index is 5.73. The normalized spacial score (nSPS) is 28.3. The quantitative estimate of drug-likeness (QED) is 0.915. The number of nitrogens with zero attached hydrogens (tertiary/aromatic N) is 1. The Bertz CT molecular complexity index is 412. The van der Waals surface area contributed by atoms with Crippen molar-refractivity contribution < 1.29 is 4.74 Å². The summed E-state index contributed by atoms with van der Waals surface area (Å²) in [4.78, 5) is 4.89. The van der Waals surface area contributed by atoms with E-state index in [9.17, 15) is 0 Å². The molecule has 1 aliphatic rings.